The minimum Gasteiger partial charge on any atom is -0.481 e. The van der Waals surface area contributed by atoms with Crippen LogP contribution < -0.4 is 0 Å². The Morgan fingerprint density at radius 2 is 1.94 bits per heavy atom. The molecule has 6 heteroatoms. The summed E-state index contributed by atoms with van der Waals surface area (Å²) >= 11 is 3.24. The summed E-state index contributed by atoms with van der Waals surface area (Å²) in [4.78, 5) is 11.6. The molecule has 0 saturated heterocycles. The molecule has 0 aromatic heterocycles. The second kappa shape index (κ2) is 4.35. The summed E-state index contributed by atoms with van der Waals surface area (Å²) in [5.74, 6) is -0.883. The molecule has 0 spiro atoms. The van der Waals surface area contributed by atoms with E-state index in [2.05, 4.69) is 15.9 Å². The van der Waals surface area contributed by atoms with Gasteiger partial charge in [0.1, 0.15) is 0 Å². The van der Waals surface area contributed by atoms with Gasteiger partial charge in [-0.2, -0.15) is 0 Å². The van der Waals surface area contributed by atoms with Crippen molar-refractivity contribution in [3.05, 3.63) is 28.2 Å². The fourth-order valence-electron chi connectivity index (χ4n) is 2.21. The van der Waals surface area contributed by atoms with Gasteiger partial charge in [-0.05, 0) is 36.6 Å². The maximum absolute atomic E-state index is 11.6. The van der Waals surface area contributed by atoms with Crippen molar-refractivity contribution in [2.75, 3.05) is 6.26 Å². The summed E-state index contributed by atoms with van der Waals surface area (Å²) in [6.45, 7) is 0. The number of carbonyl (C=O) groups is 1. The summed E-state index contributed by atoms with van der Waals surface area (Å²) in [5.41, 5.74) is -0.348. The maximum Gasteiger partial charge on any atom is 0.314 e. The van der Waals surface area contributed by atoms with E-state index >= 15 is 0 Å². The number of aliphatic carboxylic acids is 1. The second-order valence-electron chi connectivity index (χ2n) is 4.69. The van der Waals surface area contributed by atoms with E-state index in [1.807, 2.05) is 0 Å². The molecular weight excluding hydrogens is 320 g/mol. The first-order valence-electron chi connectivity index (χ1n) is 5.50. The third-order valence-electron chi connectivity index (χ3n) is 3.47. The lowest BCUT2D eigenvalue weighted by Crippen LogP contribution is -2.42. The van der Waals surface area contributed by atoms with Gasteiger partial charge in [-0.15, -0.1) is 0 Å². The molecule has 0 bridgehead atoms. The van der Waals surface area contributed by atoms with Crippen molar-refractivity contribution in [2.45, 2.75) is 29.6 Å². The highest BCUT2D eigenvalue weighted by Gasteiger charge is 2.46. The van der Waals surface area contributed by atoms with Crippen LogP contribution in [0.4, 0.5) is 0 Å². The van der Waals surface area contributed by atoms with Gasteiger partial charge in [0.15, 0.2) is 9.84 Å². The van der Waals surface area contributed by atoms with Gasteiger partial charge < -0.3 is 5.11 Å². The Labute approximate surface area is 114 Å². The van der Waals surface area contributed by atoms with Gasteiger partial charge in [0, 0.05) is 10.7 Å². The molecule has 0 aliphatic heterocycles. The standard InChI is InChI=1S/C12H13BrO4S/c1-18(16,17)10-6-8(5-9(13)7-10)12(11(14)15)3-2-4-12/h5-7H,2-4H2,1H3,(H,14,15). The highest BCUT2D eigenvalue weighted by molar-refractivity contribution is 9.10. The predicted octanol–water partition coefficient (Wildman–Crippen LogP) is 2.36. The molecule has 2 rings (SSSR count). The first kappa shape index (κ1) is 13.5. The zero-order valence-electron chi connectivity index (χ0n) is 9.81. The minimum absolute atomic E-state index is 0.152. The van der Waals surface area contributed by atoms with Crippen LogP contribution in [0.1, 0.15) is 24.8 Å². The summed E-state index contributed by atoms with van der Waals surface area (Å²) < 4.78 is 23.7. The van der Waals surface area contributed by atoms with Crippen LogP contribution in [0.25, 0.3) is 0 Å². The van der Waals surface area contributed by atoms with E-state index in [1.54, 1.807) is 6.07 Å². The van der Waals surface area contributed by atoms with Gasteiger partial charge in [-0.1, -0.05) is 22.4 Å². The van der Waals surface area contributed by atoms with Gasteiger partial charge in [-0.3, -0.25) is 4.79 Å². The summed E-state index contributed by atoms with van der Waals surface area (Å²) in [5, 5.41) is 9.36. The number of halogens is 1. The van der Waals surface area contributed by atoms with E-state index in [0.717, 1.165) is 12.7 Å². The van der Waals surface area contributed by atoms with Gasteiger partial charge in [0.25, 0.3) is 0 Å². The van der Waals surface area contributed by atoms with Crippen LogP contribution >= 0.6 is 15.9 Å². The molecule has 18 heavy (non-hydrogen) atoms. The van der Waals surface area contributed by atoms with Gasteiger partial charge >= 0.3 is 5.97 Å². The molecule has 0 amide bonds. The number of hydrogen-bond donors (Lipinski definition) is 1. The van der Waals surface area contributed by atoms with Gasteiger partial charge in [0.2, 0.25) is 0 Å². The lowest BCUT2D eigenvalue weighted by atomic mass is 9.64. The monoisotopic (exact) mass is 332 g/mol. The Bertz CT molecular complexity index is 603. The van der Waals surface area contributed by atoms with Crippen molar-refractivity contribution in [3.63, 3.8) is 0 Å². The molecule has 1 saturated carbocycles. The normalized spacial score (nSPS) is 18.1. The lowest BCUT2D eigenvalue weighted by Gasteiger charge is -2.38. The van der Waals surface area contributed by atoms with Crippen LogP contribution in [0, 0.1) is 0 Å². The second-order valence-corrected chi connectivity index (χ2v) is 7.62. The first-order chi connectivity index (χ1) is 8.25. The molecule has 0 heterocycles. The smallest absolute Gasteiger partial charge is 0.314 e. The van der Waals surface area contributed by atoms with Crippen molar-refractivity contribution in [1.29, 1.82) is 0 Å². The molecule has 0 radical (unpaired) electrons. The quantitative estimate of drug-likeness (QED) is 0.922. The van der Waals surface area contributed by atoms with Crippen molar-refractivity contribution >= 4 is 31.7 Å². The minimum atomic E-state index is -3.34. The van der Waals surface area contributed by atoms with E-state index in [0.29, 0.717) is 22.9 Å². The van der Waals surface area contributed by atoms with Crippen LogP contribution in [0.15, 0.2) is 27.6 Å². The molecule has 1 aliphatic rings. The van der Waals surface area contributed by atoms with E-state index < -0.39 is 21.2 Å². The topological polar surface area (TPSA) is 71.4 Å². The SMILES string of the molecule is CS(=O)(=O)c1cc(Br)cc(C2(C(=O)O)CCC2)c1. The molecule has 4 nitrogen and oxygen atoms in total. The van der Waals surface area contributed by atoms with Crippen molar-refractivity contribution in [2.24, 2.45) is 0 Å². The van der Waals surface area contributed by atoms with Crippen molar-refractivity contribution in [1.82, 2.24) is 0 Å². The first-order valence-corrected chi connectivity index (χ1v) is 8.19. The Hall–Kier alpha value is -0.880. The Kier molecular flexibility index (Phi) is 3.27. The fourth-order valence-corrected chi connectivity index (χ4v) is 3.54. The van der Waals surface area contributed by atoms with E-state index in [-0.39, 0.29) is 4.90 Å². The zero-order valence-corrected chi connectivity index (χ0v) is 12.2. The Morgan fingerprint density at radius 3 is 2.33 bits per heavy atom. The molecule has 1 aromatic rings. The molecular formula is C12H13BrO4S. The highest BCUT2D eigenvalue weighted by Crippen LogP contribution is 2.45. The molecule has 1 aliphatic carbocycles. The number of carboxylic acid groups (broad SMARTS) is 1. The third kappa shape index (κ3) is 2.19. The Morgan fingerprint density at radius 1 is 1.33 bits per heavy atom. The highest BCUT2D eigenvalue weighted by atomic mass is 79.9. The number of hydrogen-bond acceptors (Lipinski definition) is 3. The Balaban J connectivity index is 2.59. The van der Waals surface area contributed by atoms with Crippen molar-refractivity contribution < 1.29 is 18.3 Å². The predicted molar refractivity (Wildman–Crippen MR) is 70.4 cm³/mol. The zero-order chi connectivity index (χ0) is 13.6. The summed E-state index contributed by atoms with van der Waals surface area (Å²) in [6, 6.07) is 4.67. The number of rotatable bonds is 3. The summed E-state index contributed by atoms with van der Waals surface area (Å²) in [7, 11) is -3.34. The van der Waals surface area contributed by atoms with Crippen molar-refractivity contribution in [3.8, 4) is 0 Å². The molecule has 98 valence electrons. The van der Waals surface area contributed by atoms with Crippen LogP contribution in [0.2, 0.25) is 0 Å². The van der Waals surface area contributed by atoms with Crippen LogP contribution in [0.3, 0.4) is 0 Å². The van der Waals surface area contributed by atoms with Crippen LogP contribution in [-0.4, -0.2) is 25.7 Å². The summed E-state index contributed by atoms with van der Waals surface area (Å²) in [6.07, 6.45) is 3.09. The van der Waals surface area contributed by atoms with Gasteiger partial charge in [0.05, 0.1) is 10.3 Å². The maximum atomic E-state index is 11.6. The number of sulfone groups is 1. The fraction of sp³-hybridized carbons (Fsp3) is 0.417. The van der Waals surface area contributed by atoms with E-state index in [4.69, 9.17) is 0 Å². The molecule has 1 N–H and O–H groups in total. The van der Waals surface area contributed by atoms with Crippen LogP contribution in [0.5, 0.6) is 0 Å². The lowest BCUT2D eigenvalue weighted by molar-refractivity contribution is -0.147. The third-order valence-corrected chi connectivity index (χ3v) is 5.02. The molecule has 1 aromatic carbocycles. The van der Waals surface area contributed by atoms with Crippen LogP contribution in [-0.2, 0) is 20.0 Å². The number of benzene rings is 1. The number of carboxylic acids is 1. The molecule has 0 unspecified atom stereocenters. The molecule has 1 fully saturated rings. The largest absolute Gasteiger partial charge is 0.481 e. The molecule has 0 atom stereocenters. The van der Waals surface area contributed by atoms with Gasteiger partial charge in [-0.25, -0.2) is 8.42 Å². The van der Waals surface area contributed by atoms with E-state index in [1.165, 1.54) is 12.1 Å². The van der Waals surface area contributed by atoms with E-state index in [9.17, 15) is 18.3 Å². The average Bonchev–Trinajstić information content (AvgIpc) is 2.12. The average molecular weight is 333 g/mol.